The number of aryl methyl sites for hydroxylation is 1. The molecule has 1 amide bonds. The molecule has 2 heterocycles. The highest BCUT2D eigenvalue weighted by molar-refractivity contribution is 7.14. The molecular formula is C18H19NOS. The number of carbonyl (C=O) groups is 1. The molecule has 0 spiro atoms. The van der Waals surface area contributed by atoms with Gasteiger partial charge in [-0.05, 0) is 54.9 Å². The third-order valence-electron chi connectivity index (χ3n) is 4.67. The fraction of sp³-hybridized carbons (Fsp3) is 0.389. The first-order valence-electron chi connectivity index (χ1n) is 7.74. The summed E-state index contributed by atoms with van der Waals surface area (Å²) in [4.78, 5) is 17.2. The van der Waals surface area contributed by atoms with Crippen molar-refractivity contribution in [2.24, 2.45) is 5.92 Å². The summed E-state index contributed by atoms with van der Waals surface area (Å²) in [6.07, 6.45) is 4.51. The third kappa shape index (κ3) is 2.20. The number of anilines is 1. The molecule has 1 aliphatic heterocycles. The summed E-state index contributed by atoms with van der Waals surface area (Å²) >= 11 is 1.72. The molecule has 1 aliphatic carbocycles. The van der Waals surface area contributed by atoms with Gasteiger partial charge in [-0.15, -0.1) is 11.3 Å². The number of amides is 1. The molecule has 0 saturated heterocycles. The molecule has 2 nitrogen and oxygen atoms in total. The van der Waals surface area contributed by atoms with Crippen LogP contribution in [0.4, 0.5) is 5.69 Å². The van der Waals surface area contributed by atoms with Crippen LogP contribution in [-0.4, -0.2) is 12.5 Å². The summed E-state index contributed by atoms with van der Waals surface area (Å²) in [5, 5.41) is 0. The van der Waals surface area contributed by atoms with Gasteiger partial charge in [0.1, 0.15) is 0 Å². The number of hydrogen-bond acceptors (Lipinski definition) is 2. The van der Waals surface area contributed by atoms with E-state index in [1.807, 2.05) is 11.0 Å². The standard InChI is InChI=1S/C18H19NOS/c1-12-6-7-16-14(10-12)11-17(21-16)18(20)19-9-8-13-4-2-3-5-15(13)19/h2-5,11-12H,6-10H2,1H3. The molecule has 4 rings (SSSR count). The molecule has 0 radical (unpaired) electrons. The Morgan fingerprint density at radius 1 is 1.24 bits per heavy atom. The maximum atomic E-state index is 12.8. The van der Waals surface area contributed by atoms with E-state index in [9.17, 15) is 4.79 Å². The monoisotopic (exact) mass is 297 g/mol. The molecule has 0 N–H and O–H groups in total. The molecule has 2 aliphatic rings. The quantitative estimate of drug-likeness (QED) is 0.777. The lowest BCUT2D eigenvalue weighted by molar-refractivity contribution is 0.0993. The van der Waals surface area contributed by atoms with Crippen molar-refractivity contribution in [3.05, 3.63) is 51.2 Å². The van der Waals surface area contributed by atoms with Crippen molar-refractivity contribution in [2.45, 2.75) is 32.6 Å². The van der Waals surface area contributed by atoms with Crippen LogP contribution in [0, 0.1) is 5.92 Å². The van der Waals surface area contributed by atoms with Gasteiger partial charge in [0, 0.05) is 17.1 Å². The van der Waals surface area contributed by atoms with Crippen LogP contribution < -0.4 is 4.90 Å². The first kappa shape index (κ1) is 13.1. The van der Waals surface area contributed by atoms with Crippen molar-refractivity contribution < 1.29 is 4.79 Å². The second-order valence-corrected chi connectivity index (χ2v) is 7.38. The van der Waals surface area contributed by atoms with Gasteiger partial charge in [-0.1, -0.05) is 25.1 Å². The second-order valence-electron chi connectivity index (χ2n) is 6.24. The van der Waals surface area contributed by atoms with E-state index in [0.29, 0.717) is 0 Å². The van der Waals surface area contributed by atoms with E-state index in [2.05, 4.69) is 31.2 Å². The van der Waals surface area contributed by atoms with Crippen molar-refractivity contribution in [2.75, 3.05) is 11.4 Å². The largest absolute Gasteiger partial charge is 0.307 e. The topological polar surface area (TPSA) is 20.3 Å². The van der Waals surface area contributed by atoms with Crippen LogP contribution >= 0.6 is 11.3 Å². The van der Waals surface area contributed by atoms with Gasteiger partial charge >= 0.3 is 0 Å². The van der Waals surface area contributed by atoms with Gasteiger partial charge in [0.15, 0.2) is 0 Å². The predicted molar refractivity (Wildman–Crippen MR) is 87.3 cm³/mol. The highest BCUT2D eigenvalue weighted by Crippen LogP contribution is 2.35. The number of thiophene rings is 1. The van der Waals surface area contributed by atoms with Crippen LogP contribution in [0.25, 0.3) is 0 Å². The average Bonchev–Trinajstić information content (AvgIpc) is 3.09. The Hall–Kier alpha value is -1.61. The zero-order valence-electron chi connectivity index (χ0n) is 12.3. The van der Waals surface area contributed by atoms with E-state index in [-0.39, 0.29) is 5.91 Å². The number of hydrogen-bond donors (Lipinski definition) is 0. The third-order valence-corrected chi connectivity index (χ3v) is 5.90. The summed E-state index contributed by atoms with van der Waals surface area (Å²) in [6.45, 7) is 3.12. The van der Waals surface area contributed by atoms with Gasteiger partial charge in [0.25, 0.3) is 5.91 Å². The molecule has 0 bridgehead atoms. The van der Waals surface area contributed by atoms with E-state index in [1.165, 1.54) is 22.4 Å². The van der Waals surface area contributed by atoms with E-state index < -0.39 is 0 Å². The lowest BCUT2D eigenvalue weighted by atomic mass is 9.90. The number of fused-ring (bicyclic) bond motifs is 2. The summed E-state index contributed by atoms with van der Waals surface area (Å²) in [6, 6.07) is 10.4. The van der Waals surface area contributed by atoms with Gasteiger partial charge in [-0.25, -0.2) is 0 Å². The van der Waals surface area contributed by atoms with E-state index in [4.69, 9.17) is 0 Å². The number of benzene rings is 1. The van der Waals surface area contributed by atoms with Gasteiger partial charge in [-0.3, -0.25) is 4.79 Å². The van der Waals surface area contributed by atoms with Crippen LogP contribution in [0.1, 0.15) is 39.0 Å². The minimum absolute atomic E-state index is 0.187. The molecule has 3 heteroatoms. The Balaban J connectivity index is 1.65. The molecule has 21 heavy (non-hydrogen) atoms. The normalized spacial score (nSPS) is 20.2. The lowest BCUT2D eigenvalue weighted by Crippen LogP contribution is -2.28. The van der Waals surface area contributed by atoms with Crippen LogP contribution in [0.2, 0.25) is 0 Å². The lowest BCUT2D eigenvalue weighted by Gasteiger charge is -2.16. The van der Waals surface area contributed by atoms with Crippen molar-refractivity contribution in [3.8, 4) is 0 Å². The smallest absolute Gasteiger partial charge is 0.268 e. The fourth-order valence-electron chi connectivity index (χ4n) is 3.49. The summed E-state index contributed by atoms with van der Waals surface area (Å²) in [7, 11) is 0. The number of carbonyl (C=O) groups excluding carboxylic acids is 1. The van der Waals surface area contributed by atoms with E-state index in [1.54, 1.807) is 11.3 Å². The van der Waals surface area contributed by atoms with Crippen LogP contribution in [0.3, 0.4) is 0 Å². The minimum Gasteiger partial charge on any atom is -0.307 e. The van der Waals surface area contributed by atoms with Gasteiger partial charge < -0.3 is 4.90 Å². The van der Waals surface area contributed by atoms with Crippen molar-refractivity contribution in [1.82, 2.24) is 0 Å². The maximum Gasteiger partial charge on any atom is 0.268 e. The Bertz CT molecular complexity index is 703. The molecule has 1 aromatic heterocycles. The second kappa shape index (κ2) is 4.99. The SMILES string of the molecule is CC1CCc2sc(C(=O)N3CCc4ccccc43)cc2C1. The Morgan fingerprint density at radius 3 is 3.00 bits per heavy atom. The summed E-state index contributed by atoms with van der Waals surface area (Å²) in [5.41, 5.74) is 3.80. The highest BCUT2D eigenvalue weighted by Gasteiger charge is 2.28. The molecule has 108 valence electrons. The number of rotatable bonds is 1. The maximum absolute atomic E-state index is 12.8. The van der Waals surface area contributed by atoms with Crippen molar-refractivity contribution in [1.29, 1.82) is 0 Å². The molecule has 2 aromatic rings. The predicted octanol–water partition coefficient (Wildman–Crippen LogP) is 4.08. The average molecular weight is 297 g/mol. The van der Waals surface area contributed by atoms with Crippen LogP contribution in [0.15, 0.2) is 30.3 Å². The Kier molecular flexibility index (Phi) is 3.11. The first-order chi connectivity index (χ1) is 10.2. The molecule has 1 atom stereocenters. The van der Waals surface area contributed by atoms with Crippen LogP contribution in [0.5, 0.6) is 0 Å². The van der Waals surface area contributed by atoms with Crippen molar-refractivity contribution in [3.63, 3.8) is 0 Å². The van der Waals surface area contributed by atoms with E-state index >= 15 is 0 Å². The van der Waals surface area contributed by atoms with E-state index in [0.717, 1.165) is 42.3 Å². The number of para-hydroxylation sites is 1. The van der Waals surface area contributed by atoms with Gasteiger partial charge in [0.05, 0.1) is 4.88 Å². The van der Waals surface area contributed by atoms with Crippen molar-refractivity contribution >= 4 is 22.9 Å². The summed E-state index contributed by atoms with van der Waals surface area (Å²) < 4.78 is 0. The molecule has 1 aromatic carbocycles. The first-order valence-corrected chi connectivity index (χ1v) is 8.55. The molecule has 0 fully saturated rings. The number of nitrogens with zero attached hydrogens (tertiary/aromatic N) is 1. The fourth-order valence-corrected chi connectivity index (χ4v) is 4.65. The Labute approximate surface area is 129 Å². The Morgan fingerprint density at radius 2 is 2.10 bits per heavy atom. The zero-order chi connectivity index (χ0) is 14.4. The molecule has 0 saturated carbocycles. The van der Waals surface area contributed by atoms with Crippen LogP contribution in [-0.2, 0) is 19.3 Å². The van der Waals surface area contributed by atoms with Gasteiger partial charge in [0.2, 0.25) is 0 Å². The summed E-state index contributed by atoms with van der Waals surface area (Å²) in [5.74, 6) is 0.939. The van der Waals surface area contributed by atoms with Gasteiger partial charge in [-0.2, -0.15) is 0 Å². The highest BCUT2D eigenvalue weighted by atomic mass is 32.1. The molecular weight excluding hydrogens is 278 g/mol. The minimum atomic E-state index is 0.187. The zero-order valence-corrected chi connectivity index (χ0v) is 13.1. The molecule has 1 unspecified atom stereocenters.